The van der Waals surface area contributed by atoms with Crippen LogP contribution < -0.4 is 4.74 Å². The van der Waals surface area contributed by atoms with Crippen molar-refractivity contribution in [1.82, 2.24) is 4.90 Å². The van der Waals surface area contributed by atoms with Crippen LogP contribution in [0.25, 0.3) is 0 Å². The van der Waals surface area contributed by atoms with E-state index < -0.39 is 29.2 Å². The van der Waals surface area contributed by atoms with E-state index in [1.165, 1.54) is 18.1 Å². The maximum Gasteiger partial charge on any atom is 0.234 e. The summed E-state index contributed by atoms with van der Waals surface area (Å²) < 4.78 is 5.31. The maximum atomic E-state index is 13.7. The molecule has 35 heavy (non-hydrogen) atoms. The maximum absolute atomic E-state index is 13.7. The molecule has 4 unspecified atom stereocenters. The number of carbonyl (C=O) groups excluding carboxylic acids is 4. The highest BCUT2D eigenvalue weighted by molar-refractivity contribution is 6.23. The molecule has 0 aromatic heterocycles. The van der Waals surface area contributed by atoms with Gasteiger partial charge in [0.15, 0.2) is 23.1 Å². The number of methoxy groups -OCH3 is 1. The number of carbonyl (C=O) groups is 4. The average Bonchev–Trinajstić information content (AvgIpc) is 3.06. The first kappa shape index (κ1) is 23.3. The van der Waals surface area contributed by atoms with E-state index in [1.807, 2.05) is 26.8 Å². The van der Waals surface area contributed by atoms with Crippen molar-refractivity contribution in [1.29, 1.82) is 0 Å². The zero-order valence-electron chi connectivity index (χ0n) is 20.5. The van der Waals surface area contributed by atoms with E-state index in [4.69, 9.17) is 4.74 Å². The number of imide groups is 1. The van der Waals surface area contributed by atoms with Gasteiger partial charge in [-0.05, 0) is 58.6 Å². The number of nitrogens with zero attached hydrogens (tertiary/aromatic N) is 1. The van der Waals surface area contributed by atoms with Crippen molar-refractivity contribution in [2.75, 3.05) is 7.11 Å². The Balaban J connectivity index is 1.71. The molecule has 182 valence electrons. The fourth-order valence-electron chi connectivity index (χ4n) is 6.34. The third kappa shape index (κ3) is 3.24. The molecule has 1 fully saturated rings. The Bertz CT molecular complexity index is 1290. The fourth-order valence-corrected chi connectivity index (χ4v) is 6.34. The van der Waals surface area contributed by atoms with Gasteiger partial charge in [0.1, 0.15) is 0 Å². The quantitative estimate of drug-likeness (QED) is 0.398. The largest absolute Gasteiger partial charge is 0.504 e. The molecule has 0 spiro atoms. The summed E-state index contributed by atoms with van der Waals surface area (Å²) in [6.07, 6.45) is 3.88. The number of amides is 2. The Morgan fingerprint density at radius 1 is 1.06 bits per heavy atom. The second-order valence-electron chi connectivity index (χ2n) is 10.8. The van der Waals surface area contributed by atoms with Crippen molar-refractivity contribution in [3.8, 4) is 11.5 Å². The number of hydrogen-bond donors (Lipinski definition) is 1. The van der Waals surface area contributed by atoms with Crippen LogP contribution in [0.3, 0.4) is 0 Å². The van der Waals surface area contributed by atoms with Gasteiger partial charge in [0.2, 0.25) is 11.8 Å². The molecule has 0 saturated carbocycles. The third-order valence-corrected chi connectivity index (χ3v) is 7.79. The Kier molecular flexibility index (Phi) is 5.16. The highest BCUT2D eigenvalue weighted by atomic mass is 16.5. The molecule has 4 atom stereocenters. The zero-order chi connectivity index (χ0) is 25.4. The van der Waals surface area contributed by atoms with Crippen LogP contribution in [0, 0.1) is 17.8 Å². The van der Waals surface area contributed by atoms with Gasteiger partial charge in [-0.2, -0.15) is 0 Å². The summed E-state index contributed by atoms with van der Waals surface area (Å²) in [5, 5.41) is 11.0. The lowest BCUT2D eigenvalue weighted by molar-refractivity contribution is -0.145. The number of phenols is 1. The van der Waals surface area contributed by atoms with Crippen molar-refractivity contribution in [3.05, 3.63) is 58.2 Å². The minimum atomic E-state index is -0.702. The van der Waals surface area contributed by atoms with Crippen LogP contribution >= 0.6 is 0 Å². The smallest absolute Gasteiger partial charge is 0.234 e. The number of ether oxygens (including phenoxy) is 1. The van der Waals surface area contributed by atoms with Crippen molar-refractivity contribution in [3.63, 3.8) is 0 Å². The van der Waals surface area contributed by atoms with E-state index >= 15 is 0 Å². The zero-order valence-corrected chi connectivity index (χ0v) is 20.5. The van der Waals surface area contributed by atoms with E-state index in [9.17, 15) is 24.3 Å². The first-order valence-corrected chi connectivity index (χ1v) is 11.9. The molecule has 7 heteroatoms. The Morgan fingerprint density at radius 3 is 2.43 bits per heavy atom. The Morgan fingerprint density at radius 2 is 1.77 bits per heavy atom. The summed E-state index contributed by atoms with van der Waals surface area (Å²) in [7, 11) is 1.45. The molecular formula is C28H29NO6. The molecule has 1 aliphatic heterocycles. The molecule has 7 nitrogen and oxygen atoms in total. The first-order valence-electron chi connectivity index (χ1n) is 11.9. The molecule has 1 N–H and O–H groups in total. The van der Waals surface area contributed by atoms with Crippen LogP contribution in [-0.4, -0.2) is 46.0 Å². The number of allylic oxidation sites excluding steroid dienone is 6. The minimum Gasteiger partial charge on any atom is -0.504 e. The summed E-state index contributed by atoms with van der Waals surface area (Å²) in [5.41, 5.74) is 1.66. The van der Waals surface area contributed by atoms with Gasteiger partial charge in [-0.1, -0.05) is 23.8 Å². The van der Waals surface area contributed by atoms with Gasteiger partial charge in [0.25, 0.3) is 0 Å². The summed E-state index contributed by atoms with van der Waals surface area (Å²) in [6, 6.07) is 5.07. The molecule has 1 aromatic rings. The second-order valence-corrected chi connectivity index (χ2v) is 10.8. The molecule has 1 heterocycles. The summed E-state index contributed by atoms with van der Waals surface area (Å²) >= 11 is 0. The topological polar surface area (TPSA) is 101 Å². The molecule has 0 bridgehead atoms. The number of aromatic hydroxyl groups is 1. The predicted molar refractivity (Wildman–Crippen MR) is 128 cm³/mol. The number of phenolic OH excluding ortho intramolecular Hbond substituents is 1. The standard InChI is InChI=1S/C28H29NO6/c1-13-11-19(30)23-18(24(13)31)12-17-14(21(23)15-7-6-8-20(35-5)25(15)32)9-10-16-22(17)27(34)29(26(16)33)28(2,3)4/h6-9,11,16-17,21-22,32H,10,12H2,1-5H3. The van der Waals surface area contributed by atoms with Crippen LogP contribution in [0.15, 0.2) is 52.6 Å². The lowest BCUT2D eigenvalue weighted by Gasteiger charge is -2.42. The van der Waals surface area contributed by atoms with E-state index in [0.29, 0.717) is 28.7 Å². The predicted octanol–water partition coefficient (Wildman–Crippen LogP) is 3.63. The van der Waals surface area contributed by atoms with Crippen molar-refractivity contribution < 1.29 is 29.0 Å². The SMILES string of the molecule is COc1cccc(C2C3=CCC4C(=O)N(C(C)(C)C)C(=O)C4C3CC3=C2C(=O)C=C(C)C3=O)c1O. The number of rotatable bonds is 2. The number of benzene rings is 1. The molecule has 4 aliphatic rings. The summed E-state index contributed by atoms with van der Waals surface area (Å²) in [5.74, 6) is -2.99. The van der Waals surface area contributed by atoms with Crippen LogP contribution in [0.4, 0.5) is 0 Å². The average molecular weight is 476 g/mol. The van der Waals surface area contributed by atoms with Gasteiger partial charge in [0, 0.05) is 33.7 Å². The van der Waals surface area contributed by atoms with Crippen molar-refractivity contribution in [2.45, 2.75) is 52.0 Å². The lowest BCUT2D eigenvalue weighted by atomic mass is 9.59. The van der Waals surface area contributed by atoms with Crippen LogP contribution in [0.2, 0.25) is 0 Å². The number of hydrogen-bond acceptors (Lipinski definition) is 6. The molecular weight excluding hydrogens is 446 g/mol. The number of ketones is 2. The molecule has 1 aromatic carbocycles. The van der Waals surface area contributed by atoms with Crippen molar-refractivity contribution >= 4 is 23.4 Å². The Hall–Kier alpha value is -3.48. The van der Waals surface area contributed by atoms with Crippen LogP contribution in [-0.2, 0) is 19.2 Å². The van der Waals surface area contributed by atoms with Gasteiger partial charge in [0.05, 0.1) is 18.9 Å². The van der Waals surface area contributed by atoms with E-state index in [1.54, 1.807) is 25.1 Å². The van der Waals surface area contributed by atoms with Crippen LogP contribution in [0.5, 0.6) is 11.5 Å². The van der Waals surface area contributed by atoms with E-state index in [2.05, 4.69) is 0 Å². The number of Topliss-reactive ketones (excluding diaryl/α,β-unsaturated/α-hetero) is 1. The molecule has 0 radical (unpaired) electrons. The first-order chi connectivity index (χ1) is 16.5. The monoisotopic (exact) mass is 475 g/mol. The molecule has 3 aliphatic carbocycles. The number of para-hydroxylation sites is 1. The number of likely N-dealkylation sites (tertiary alicyclic amines) is 1. The minimum absolute atomic E-state index is 0.104. The highest BCUT2D eigenvalue weighted by Crippen LogP contribution is 2.57. The van der Waals surface area contributed by atoms with Gasteiger partial charge < -0.3 is 9.84 Å². The second kappa shape index (κ2) is 7.77. The van der Waals surface area contributed by atoms with Crippen LogP contribution in [0.1, 0.15) is 52.0 Å². The normalized spacial score (nSPS) is 28.4. The highest BCUT2D eigenvalue weighted by Gasteiger charge is 2.58. The summed E-state index contributed by atoms with van der Waals surface area (Å²) in [6.45, 7) is 7.13. The molecule has 2 amide bonds. The third-order valence-electron chi connectivity index (χ3n) is 7.79. The number of fused-ring (bicyclic) bond motifs is 3. The van der Waals surface area contributed by atoms with E-state index in [0.717, 1.165) is 5.57 Å². The molecule has 5 rings (SSSR count). The fraction of sp³-hybridized carbons (Fsp3) is 0.429. The van der Waals surface area contributed by atoms with Crippen molar-refractivity contribution in [2.24, 2.45) is 17.8 Å². The van der Waals surface area contributed by atoms with E-state index in [-0.39, 0.29) is 41.3 Å². The molecule has 1 saturated heterocycles. The van der Waals surface area contributed by atoms with Gasteiger partial charge in [-0.15, -0.1) is 0 Å². The van der Waals surface area contributed by atoms with Gasteiger partial charge in [-0.3, -0.25) is 24.1 Å². The van der Waals surface area contributed by atoms with Gasteiger partial charge in [-0.25, -0.2) is 0 Å². The van der Waals surface area contributed by atoms with Gasteiger partial charge >= 0.3 is 0 Å². The Labute approximate surface area is 204 Å². The lowest BCUT2D eigenvalue weighted by Crippen LogP contribution is -2.46. The summed E-state index contributed by atoms with van der Waals surface area (Å²) in [4.78, 5) is 54.9.